The van der Waals surface area contributed by atoms with Gasteiger partial charge in [0.05, 0.1) is 24.6 Å². The van der Waals surface area contributed by atoms with E-state index < -0.39 is 0 Å². The molecule has 5 heteroatoms. The number of halogens is 1. The van der Waals surface area contributed by atoms with Crippen LogP contribution in [0, 0.1) is 3.70 Å². The molecule has 0 saturated heterocycles. The van der Waals surface area contributed by atoms with Crippen molar-refractivity contribution < 1.29 is 4.74 Å². The van der Waals surface area contributed by atoms with E-state index in [4.69, 9.17) is 4.74 Å². The summed E-state index contributed by atoms with van der Waals surface area (Å²) in [5.74, 6) is 0.868. The van der Waals surface area contributed by atoms with Crippen LogP contribution in [0.25, 0.3) is 10.9 Å². The number of ether oxygens (including phenoxy) is 1. The third kappa shape index (κ3) is 2.42. The second kappa shape index (κ2) is 5.16. The Balaban J connectivity index is 1.96. The van der Waals surface area contributed by atoms with Gasteiger partial charge >= 0.3 is 0 Å². The third-order valence-corrected chi connectivity index (χ3v) is 3.80. The zero-order valence-corrected chi connectivity index (χ0v) is 12.5. The minimum atomic E-state index is 0.744. The van der Waals surface area contributed by atoms with Crippen molar-refractivity contribution in [3.63, 3.8) is 0 Å². The zero-order valence-electron chi connectivity index (χ0n) is 10.4. The van der Waals surface area contributed by atoms with Crippen LogP contribution < -0.4 is 4.74 Å². The summed E-state index contributed by atoms with van der Waals surface area (Å²) in [5.41, 5.74) is 2.30. The summed E-state index contributed by atoms with van der Waals surface area (Å²) in [7, 11) is 1.67. The molecule has 0 bridgehead atoms. The lowest BCUT2D eigenvalue weighted by Gasteiger charge is -2.05. The van der Waals surface area contributed by atoms with Crippen LogP contribution >= 0.6 is 22.6 Å². The maximum atomic E-state index is 5.16. The van der Waals surface area contributed by atoms with Crippen molar-refractivity contribution >= 4 is 33.5 Å². The van der Waals surface area contributed by atoms with Crippen LogP contribution in [0.5, 0.6) is 5.75 Å². The predicted octanol–water partition coefficient (Wildman–Crippen LogP) is 3.09. The molecule has 0 amide bonds. The predicted molar refractivity (Wildman–Crippen MR) is 82.3 cm³/mol. The van der Waals surface area contributed by atoms with Crippen molar-refractivity contribution in [2.24, 2.45) is 0 Å². The standard InChI is InChI=1S/C14H12IN3O/c1-19-11-4-2-10(3-5-11)9-18-13-6-7-16-8-12(13)14(15)17-18/h2-8H,9H2,1H3. The monoisotopic (exact) mass is 365 g/mol. The molecule has 0 radical (unpaired) electrons. The molecule has 0 fully saturated rings. The molecule has 0 saturated carbocycles. The van der Waals surface area contributed by atoms with Gasteiger partial charge < -0.3 is 4.74 Å². The molecule has 0 unspecified atom stereocenters. The van der Waals surface area contributed by atoms with Gasteiger partial charge in [0, 0.05) is 12.4 Å². The molecule has 1 aromatic carbocycles. The first-order valence-corrected chi connectivity index (χ1v) is 6.95. The van der Waals surface area contributed by atoms with E-state index >= 15 is 0 Å². The van der Waals surface area contributed by atoms with Crippen LogP contribution in [0.4, 0.5) is 0 Å². The first-order chi connectivity index (χ1) is 9.28. The molecule has 3 rings (SSSR count). The summed E-state index contributed by atoms with van der Waals surface area (Å²) < 4.78 is 8.14. The van der Waals surface area contributed by atoms with E-state index in [0.717, 1.165) is 26.9 Å². The Bertz CT molecular complexity index is 706. The summed E-state index contributed by atoms with van der Waals surface area (Å²) >= 11 is 2.24. The van der Waals surface area contributed by atoms with Crippen LogP contribution in [-0.2, 0) is 6.54 Å². The highest BCUT2D eigenvalue weighted by Gasteiger charge is 2.08. The molecule has 96 valence electrons. The Hall–Kier alpha value is -1.63. The Morgan fingerprint density at radius 2 is 2.00 bits per heavy atom. The summed E-state index contributed by atoms with van der Waals surface area (Å²) in [4.78, 5) is 4.14. The van der Waals surface area contributed by atoms with Gasteiger partial charge in [-0.3, -0.25) is 9.67 Å². The molecule has 0 aliphatic heterocycles. The fourth-order valence-corrected chi connectivity index (χ4v) is 2.69. The molecule has 2 heterocycles. The maximum absolute atomic E-state index is 5.16. The molecule has 0 aliphatic carbocycles. The topological polar surface area (TPSA) is 39.9 Å². The fraction of sp³-hybridized carbons (Fsp3) is 0.143. The van der Waals surface area contributed by atoms with Gasteiger partial charge in [-0.1, -0.05) is 12.1 Å². The summed E-state index contributed by atoms with van der Waals surface area (Å²) in [6.07, 6.45) is 3.65. The molecule has 3 aromatic rings. The van der Waals surface area contributed by atoms with Crippen LogP contribution in [0.3, 0.4) is 0 Å². The van der Waals surface area contributed by atoms with Crippen molar-refractivity contribution in [3.05, 3.63) is 52.0 Å². The van der Waals surface area contributed by atoms with Gasteiger partial charge in [0.25, 0.3) is 0 Å². The molecule has 0 aliphatic rings. The molecule has 2 aromatic heterocycles. The van der Waals surface area contributed by atoms with Crippen molar-refractivity contribution in [1.82, 2.24) is 14.8 Å². The van der Waals surface area contributed by atoms with Crippen LogP contribution in [-0.4, -0.2) is 21.9 Å². The van der Waals surface area contributed by atoms with Gasteiger partial charge in [-0.05, 0) is 46.4 Å². The summed E-state index contributed by atoms with van der Waals surface area (Å²) in [5, 5.41) is 5.65. The van der Waals surface area contributed by atoms with Crippen LogP contribution in [0.15, 0.2) is 42.7 Å². The zero-order chi connectivity index (χ0) is 13.2. The summed E-state index contributed by atoms with van der Waals surface area (Å²) in [6.45, 7) is 0.744. The van der Waals surface area contributed by atoms with Gasteiger partial charge in [0.1, 0.15) is 9.45 Å². The number of pyridine rings is 1. The average Bonchev–Trinajstić information content (AvgIpc) is 2.77. The minimum Gasteiger partial charge on any atom is -0.497 e. The Morgan fingerprint density at radius 3 is 2.74 bits per heavy atom. The van der Waals surface area contributed by atoms with Crippen molar-refractivity contribution in [1.29, 1.82) is 0 Å². The van der Waals surface area contributed by atoms with Crippen molar-refractivity contribution in [2.75, 3.05) is 7.11 Å². The fourth-order valence-electron chi connectivity index (χ4n) is 2.01. The quantitative estimate of drug-likeness (QED) is 0.670. The van der Waals surface area contributed by atoms with E-state index in [9.17, 15) is 0 Å². The van der Waals surface area contributed by atoms with Gasteiger partial charge in [-0.15, -0.1) is 0 Å². The van der Waals surface area contributed by atoms with Crippen LogP contribution in [0.2, 0.25) is 0 Å². The highest BCUT2D eigenvalue weighted by molar-refractivity contribution is 14.1. The van der Waals surface area contributed by atoms with E-state index in [2.05, 4.69) is 44.8 Å². The van der Waals surface area contributed by atoms with E-state index in [1.807, 2.05) is 29.1 Å². The number of rotatable bonds is 3. The lowest BCUT2D eigenvalue weighted by Crippen LogP contribution is -2.01. The molecule has 0 N–H and O–H groups in total. The molecule has 0 spiro atoms. The number of aromatic nitrogens is 3. The molecule has 4 nitrogen and oxygen atoms in total. The van der Waals surface area contributed by atoms with Gasteiger partial charge in [-0.25, -0.2) is 0 Å². The van der Waals surface area contributed by atoms with Crippen molar-refractivity contribution in [2.45, 2.75) is 6.54 Å². The number of methoxy groups -OCH3 is 1. The lowest BCUT2D eigenvalue weighted by atomic mass is 10.2. The van der Waals surface area contributed by atoms with Gasteiger partial charge in [0.15, 0.2) is 0 Å². The smallest absolute Gasteiger partial charge is 0.132 e. The average molecular weight is 365 g/mol. The number of nitrogens with zero attached hydrogens (tertiary/aromatic N) is 3. The van der Waals surface area contributed by atoms with Crippen molar-refractivity contribution in [3.8, 4) is 5.75 Å². The van der Waals surface area contributed by atoms with E-state index in [0.29, 0.717) is 0 Å². The Morgan fingerprint density at radius 1 is 1.21 bits per heavy atom. The number of benzene rings is 1. The normalized spacial score (nSPS) is 10.8. The number of fused-ring (bicyclic) bond motifs is 1. The van der Waals surface area contributed by atoms with E-state index in [-0.39, 0.29) is 0 Å². The third-order valence-electron chi connectivity index (χ3n) is 3.00. The van der Waals surface area contributed by atoms with Gasteiger partial charge in [-0.2, -0.15) is 5.10 Å². The van der Waals surface area contributed by atoms with E-state index in [1.165, 1.54) is 5.56 Å². The molecule has 19 heavy (non-hydrogen) atoms. The van der Waals surface area contributed by atoms with Crippen LogP contribution in [0.1, 0.15) is 5.56 Å². The SMILES string of the molecule is COc1ccc(Cn2nc(I)c3cnccc32)cc1. The molecular weight excluding hydrogens is 353 g/mol. The minimum absolute atomic E-state index is 0.744. The highest BCUT2D eigenvalue weighted by Crippen LogP contribution is 2.20. The number of hydrogen-bond donors (Lipinski definition) is 0. The first kappa shape index (κ1) is 12.4. The second-order valence-corrected chi connectivity index (χ2v) is 5.21. The summed E-state index contributed by atoms with van der Waals surface area (Å²) in [6, 6.07) is 10.0. The lowest BCUT2D eigenvalue weighted by molar-refractivity contribution is 0.414. The van der Waals surface area contributed by atoms with Gasteiger partial charge in [0.2, 0.25) is 0 Å². The number of hydrogen-bond acceptors (Lipinski definition) is 3. The highest BCUT2D eigenvalue weighted by atomic mass is 127. The molecule has 0 atom stereocenters. The van der Waals surface area contributed by atoms with E-state index in [1.54, 1.807) is 13.3 Å². The first-order valence-electron chi connectivity index (χ1n) is 5.87. The largest absolute Gasteiger partial charge is 0.497 e. The Labute approximate surface area is 124 Å². The second-order valence-electron chi connectivity index (χ2n) is 4.19. The maximum Gasteiger partial charge on any atom is 0.132 e. The Kier molecular flexibility index (Phi) is 3.37. The molecular formula is C14H12IN3O.